The molecule has 0 bridgehead atoms. The predicted octanol–water partition coefficient (Wildman–Crippen LogP) is 4.77. The standard InChI is InChI=1S/C22H21F3N2O4S/c1-13(28)12-31-19-10-15(6-7-18(19)30-2)20(29)27-21-26-11-17(32-21)9-14-4-3-5-16(8-14)22(23,24)25/h3-8,10-11,13,28H,9,12H2,1-2H3,(H,26,27,29). The predicted molar refractivity (Wildman–Crippen MR) is 114 cm³/mol. The summed E-state index contributed by atoms with van der Waals surface area (Å²) in [6, 6.07) is 9.73. The second kappa shape index (κ2) is 10.0. The molecule has 0 saturated carbocycles. The first-order valence-electron chi connectivity index (χ1n) is 9.57. The quantitative estimate of drug-likeness (QED) is 0.500. The number of aliphatic hydroxyl groups is 1. The van der Waals surface area contributed by atoms with E-state index in [2.05, 4.69) is 10.3 Å². The molecule has 0 aliphatic heterocycles. The Labute approximate surface area is 186 Å². The van der Waals surface area contributed by atoms with Gasteiger partial charge in [-0.3, -0.25) is 10.1 Å². The number of aliphatic hydroxyl groups excluding tert-OH is 1. The lowest BCUT2D eigenvalue weighted by Gasteiger charge is -2.13. The van der Waals surface area contributed by atoms with Gasteiger partial charge in [0.15, 0.2) is 16.6 Å². The fraction of sp³-hybridized carbons (Fsp3) is 0.273. The van der Waals surface area contributed by atoms with E-state index in [9.17, 15) is 23.1 Å². The summed E-state index contributed by atoms with van der Waals surface area (Å²) in [4.78, 5) is 17.5. The molecular weight excluding hydrogens is 445 g/mol. The second-order valence-corrected chi connectivity index (χ2v) is 8.10. The van der Waals surface area contributed by atoms with Gasteiger partial charge in [0.2, 0.25) is 0 Å². The van der Waals surface area contributed by atoms with Gasteiger partial charge in [0.25, 0.3) is 5.91 Å². The number of halogens is 3. The Bertz CT molecular complexity index is 1080. The third kappa shape index (κ3) is 6.21. The largest absolute Gasteiger partial charge is 0.493 e. The average Bonchev–Trinajstić information content (AvgIpc) is 3.18. The molecule has 2 aromatic carbocycles. The van der Waals surface area contributed by atoms with Crippen molar-refractivity contribution in [3.63, 3.8) is 0 Å². The van der Waals surface area contributed by atoms with Gasteiger partial charge in [-0.05, 0) is 36.8 Å². The number of hydrogen-bond acceptors (Lipinski definition) is 6. The van der Waals surface area contributed by atoms with Crippen molar-refractivity contribution in [2.24, 2.45) is 0 Å². The zero-order chi connectivity index (χ0) is 23.3. The minimum absolute atomic E-state index is 0.0345. The Morgan fingerprint density at radius 3 is 2.69 bits per heavy atom. The summed E-state index contributed by atoms with van der Waals surface area (Å²) < 4.78 is 49.4. The minimum Gasteiger partial charge on any atom is -0.493 e. The number of amides is 1. The normalized spacial score (nSPS) is 12.3. The number of nitrogens with zero attached hydrogens (tertiary/aromatic N) is 1. The van der Waals surface area contributed by atoms with Crippen LogP contribution in [0.4, 0.5) is 18.3 Å². The SMILES string of the molecule is COc1ccc(C(=O)Nc2ncc(Cc3cccc(C(F)(F)F)c3)s2)cc1OCC(C)O. The summed E-state index contributed by atoms with van der Waals surface area (Å²) in [6.45, 7) is 1.61. The summed E-state index contributed by atoms with van der Waals surface area (Å²) in [5.41, 5.74) is 0.0820. The molecule has 170 valence electrons. The summed E-state index contributed by atoms with van der Waals surface area (Å²) in [5, 5.41) is 12.4. The Morgan fingerprint density at radius 2 is 2.00 bits per heavy atom. The van der Waals surface area contributed by atoms with Gasteiger partial charge in [0.1, 0.15) is 6.61 Å². The van der Waals surface area contributed by atoms with Gasteiger partial charge in [0.05, 0.1) is 18.8 Å². The zero-order valence-corrected chi connectivity index (χ0v) is 18.1. The molecule has 3 aromatic rings. The first-order valence-corrected chi connectivity index (χ1v) is 10.4. The van der Waals surface area contributed by atoms with Gasteiger partial charge >= 0.3 is 6.18 Å². The van der Waals surface area contributed by atoms with Crippen LogP contribution in [0.3, 0.4) is 0 Å². The van der Waals surface area contributed by atoms with E-state index in [-0.39, 0.29) is 13.0 Å². The number of carbonyl (C=O) groups excluding carboxylic acids is 1. The molecule has 2 N–H and O–H groups in total. The smallest absolute Gasteiger partial charge is 0.416 e. The third-order valence-corrected chi connectivity index (χ3v) is 5.23. The fourth-order valence-electron chi connectivity index (χ4n) is 2.82. The van der Waals surface area contributed by atoms with E-state index < -0.39 is 23.8 Å². The maximum Gasteiger partial charge on any atom is 0.416 e. The van der Waals surface area contributed by atoms with Crippen LogP contribution in [0.1, 0.15) is 33.3 Å². The molecule has 1 unspecified atom stereocenters. The maximum absolute atomic E-state index is 12.9. The molecule has 6 nitrogen and oxygen atoms in total. The third-order valence-electron chi connectivity index (χ3n) is 4.31. The molecule has 1 amide bonds. The van der Waals surface area contributed by atoms with Crippen LogP contribution in [0.5, 0.6) is 11.5 Å². The molecule has 1 aromatic heterocycles. The van der Waals surface area contributed by atoms with E-state index in [1.165, 1.54) is 36.8 Å². The van der Waals surface area contributed by atoms with Crippen molar-refractivity contribution in [1.29, 1.82) is 0 Å². The Hall–Kier alpha value is -3.11. The topological polar surface area (TPSA) is 80.7 Å². The number of nitrogens with one attached hydrogen (secondary N) is 1. The fourth-order valence-corrected chi connectivity index (χ4v) is 3.66. The highest BCUT2D eigenvalue weighted by Gasteiger charge is 2.30. The number of anilines is 1. The molecule has 1 heterocycles. The second-order valence-electron chi connectivity index (χ2n) is 6.99. The van der Waals surface area contributed by atoms with E-state index in [0.717, 1.165) is 12.1 Å². The molecule has 0 aliphatic carbocycles. The lowest BCUT2D eigenvalue weighted by Crippen LogP contribution is -2.15. The van der Waals surface area contributed by atoms with Crippen LogP contribution in [0.25, 0.3) is 0 Å². The number of thiazole rings is 1. The molecule has 0 saturated heterocycles. The van der Waals surface area contributed by atoms with E-state index in [1.807, 2.05) is 0 Å². The molecule has 0 fully saturated rings. The number of hydrogen-bond donors (Lipinski definition) is 2. The van der Waals surface area contributed by atoms with Crippen molar-refractivity contribution in [2.45, 2.75) is 25.6 Å². The van der Waals surface area contributed by atoms with Crippen molar-refractivity contribution in [2.75, 3.05) is 19.0 Å². The minimum atomic E-state index is -4.40. The van der Waals surface area contributed by atoms with Crippen LogP contribution in [0, 0.1) is 0 Å². The van der Waals surface area contributed by atoms with Crippen molar-refractivity contribution < 1.29 is 32.5 Å². The Morgan fingerprint density at radius 1 is 1.22 bits per heavy atom. The van der Waals surface area contributed by atoms with Crippen LogP contribution >= 0.6 is 11.3 Å². The molecular formula is C22H21F3N2O4S. The number of ether oxygens (including phenoxy) is 2. The number of benzene rings is 2. The molecule has 32 heavy (non-hydrogen) atoms. The van der Waals surface area contributed by atoms with Crippen LogP contribution in [0.2, 0.25) is 0 Å². The van der Waals surface area contributed by atoms with E-state index >= 15 is 0 Å². The lowest BCUT2D eigenvalue weighted by molar-refractivity contribution is -0.137. The number of methoxy groups -OCH3 is 1. The number of aromatic nitrogens is 1. The molecule has 10 heteroatoms. The maximum atomic E-state index is 12.9. The summed E-state index contributed by atoms with van der Waals surface area (Å²) in [5.74, 6) is 0.291. The summed E-state index contributed by atoms with van der Waals surface area (Å²) in [6.07, 6.45) is -3.31. The Kier molecular flexibility index (Phi) is 7.37. The summed E-state index contributed by atoms with van der Waals surface area (Å²) in [7, 11) is 1.46. The number of rotatable bonds is 8. The van der Waals surface area contributed by atoms with Crippen LogP contribution < -0.4 is 14.8 Å². The van der Waals surface area contributed by atoms with Gasteiger partial charge < -0.3 is 14.6 Å². The number of carbonyl (C=O) groups is 1. The van der Waals surface area contributed by atoms with E-state index in [1.54, 1.807) is 25.1 Å². The molecule has 0 spiro atoms. The van der Waals surface area contributed by atoms with E-state index in [4.69, 9.17) is 9.47 Å². The highest BCUT2D eigenvalue weighted by Crippen LogP contribution is 2.31. The van der Waals surface area contributed by atoms with Gasteiger partial charge in [0, 0.05) is 23.1 Å². The Balaban J connectivity index is 1.69. The van der Waals surface area contributed by atoms with Crippen molar-refractivity contribution in [3.05, 3.63) is 70.2 Å². The van der Waals surface area contributed by atoms with Crippen molar-refractivity contribution >= 4 is 22.4 Å². The van der Waals surface area contributed by atoms with Gasteiger partial charge in [-0.1, -0.05) is 18.2 Å². The molecule has 0 aliphatic rings. The van der Waals surface area contributed by atoms with Crippen LogP contribution in [-0.4, -0.2) is 35.8 Å². The van der Waals surface area contributed by atoms with Crippen molar-refractivity contribution in [3.8, 4) is 11.5 Å². The van der Waals surface area contributed by atoms with Gasteiger partial charge in [-0.2, -0.15) is 13.2 Å². The van der Waals surface area contributed by atoms with Gasteiger partial charge in [-0.15, -0.1) is 11.3 Å². The first kappa shape index (κ1) is 23.6. The van der Waals surface area contributed by atoms with Crippen LogP contribution in [-0.2, 0) is 12.6 Å². The van der Waals surface area contributed by atoms with E-state index in [0.29, 0.717) is 32.6 Å². The van der Waals surface area contributed by atoms with Crippen LogP contribution in [0.15, 0.2) is 48.7 Å². The molecule has 0 radical (unpaired) electrons. The molecule has 3 rings (SSSR count). The monoisotopic (exact) mass is 466 g/mol. The zero-order valence-electron chi connectivity index (χ0n) is 17.3. The average molecular weight is 466 g/mol. The van der Waals surface area contributed by atoms with Gasteiger partial charge in [-0.25, -0.2) is 4.98 Å². The highest BCUT2D eigenvalue weighted by molar-refractivity contribution is 7.15. The van der Waals surface area contributed by atoms with Crippen molar-refractivity contribution in [1.82, 2.24) is 4.98 Å². The molecule has 1 atom stereocenters. The first-order chi connectivity index (χ1) is 15.2. The lowest BCUT2D eigenvalue weighted by atomic mass is 10.1. The number of alkyl halides is 3. The summed E-state index contributed by atoms with van der Waals surface area (Å²) >= 11 is 1.18. The highest BCUT2D eigenvalue weighted by atomic mass is 32.1.